The Balaban J connectivity index is 2.09. The van der Waals surface area contributed by atoms with Crippen LogP contribution in [0.4, 0.5) is 18.0 Å². The molecule has 32 heavy (non-hydrogen) atoms. The van der Waals surface area contributed by atoms with E-state index >= 15 is 0 Å². The Labute approximate surface area is 182 Å². The Morgan fingerprint density at radius 3 is 2.75 bits per heavy atom. The zero-order valence-electron chi connectivity index (χ0n) is 17.7. The average molecular weight is 445 g/mol. The summed E-state index contributed by atoms with van der Waals surface area (Å²) in [4.78, 5) is 23.9. The van der Waals surface area contributed by atoms with Crippen molar-refractivity contribution >= 4 is 23.1 Å². The highest BCUT2D eigenvalue weighted by atomic mass is 19.3. The number of nitrogens with zero attached hydrogens (tertiary/aromatic N) is 4. The van der Waals surface area contributed by atoms with E-state index in [1.165, 1.54) is 12.1 Å². The highest BCUT2D eigenvalue weighted by Gasteiger charge is 2.19. The summed E-state index contributed by atoms with van der Waals surface area (Å²) in [6.07, 6.45) is 0.833. The lowest BCUT2D eigenvalue weighted by Crippen LogP contribution is -2.20. The molecule has 1 aromatic carbocycles. The second-order valence-corrected chi connectivity index (χ2v) is 7.11. The summed E-state index contributed by atoms with van der Waals surface area (Å²) in [6.45, 7) is 3.51. The third-order valence-corrected chi connectivity index (χ3v) is 4.98. The van der Waals surface area contributed by atoms with E-state index in [9.17, 15) is 18.0 Å². The zero-order chi connectivity index (χ0) is 23.4. The predicted molar refractivity (Wildman–Crippen MR) is 114 cm³/mol. The summed E-state index contributed by atoms with van der Waals surface area (Å²) >= 11 is 0. The highest BCUT2D eigenvalue weighted by Crippen LogP contribution is 2.28. The van der Waals surface area contributed by atoms with E-state index in [4.69, 9.17) is 5.11 Å². The molecular weight excluding hydrogens is 423 g/mol. The van der Waals surface area contributed by atoms with Crippen LogP contribution in [0.15, 0.2) is 41.5 Å². The summed E-state index contributed by atoms with van der Waals surface area (Å²) in [5.74, 6) is -0.335. The van der Waals surface area contributed by atoms with Crippen LogP contribution >= 0.6 is 0 Å². The summed E-state index contributed by atoms with van der Waals surface area (Å²) < 4.78 is 42.6. The summed E-state index contributed by atoms with van der Waals surface area (Å²) in [7, 11) is 1.82. The molecule has 168 valence electrons. The Hall–Kier alpha value is -3.69. The number of nitrogens with one attached hydrogen (secondary N) is 1. The number of pyridine rings is 1. The highest BCUT2D eigenvalue weighted by molar-refractivity contribution is 5.79. The number of carbonyl (C=O) groups is 1. The van der Waals surface area contributed by atoms with E-state index in [1.54, 1.807) is 38.3 Å². The first-order valence-corrected chi connectivity index (χ1v) is 9.76. The molecule has 0 spiro atoms. The van der Waals surface area contributed by atoms with Crippen molar-refractivity contribution in [1.29, 1.82) is 0 Å². The molecule has 3 aromatic rings. The first-order valence-electron chi connectivity index (χ1n) is 9.76. The number of halogens is 3. The van der Waals surface area contributed by atoms with Gasteiger partial charge in [0.2, 0.25) is 0 Å². The second kappa shape index (κ2) is 9.63. The van der Waals surface area contributed by atoms with Crippen LogP contribution in [-0.2, 0) is 7.05 Å². The molecule has 0 aliphatic rings. The van der Waals surface area contributed by atoms with E-state index < -0.39 is 29.9 Å². The fourth-order valence-corrected chi connectivity index (χ4v) is 3.20. The lowest BCUT2D eigenvalue weighted by Gasteiger charge is -2.13. The third-order valence-electron chi connectivity index (χ3n) is 4.98. The van der Waals surface area contributed by atoms with Gasteiger partial charge in [0.15, 0.2) is 5.49 Å². The molecule has 10 heteroatoms. The van der Waals surface area contributed by atoms with Gasteiger partial charge in [0.05, 0.1) is 29.0 Å². The lowest BCUT2D eigenvalue weighted by molar-refractivity contribution is 0.146. The number of alkyl halides is 2. The van der Waals surface area contributed by atoms with Gasteiger partial charge in [-0.2, -0.15) is 0 Å². The lowest BCUT2D eigenvalue weighted by atomic mass is 10.0. The number of amides is 1. The van der Waals surface area contributed by atoms with Gasteiger partial charge in [-0.15, -0.1) is 0 Å². The van der Waals surface area contributed by atoms with Crippen molar-refractivity contribution in [2.24, 2.45) is 12.0 Å². The topological polar surface area (TPSA) is 92.4 Å². The van der Waals surface area contributed by atoms with Gasteiger partial charge in [-0.3, -0.25) is 9.98 Å². The Bertz CT molecular complexity index is 1250. The van der Waals surface area contributed by atoms with Gasteiger partial charge in [-0.05, 0) is 26.0 Å². The monoisotopic (exact) mass is 445 g/mol. The van der Waals surface area contributed by atoms with Crippen LogP contribution in [-0.4, -0.2) is 32.3 Å². The maximum absolute atomic E-state index is 14.6. The second-order valence-electron chi connectivity index (χ2n) is 7.11. The minimum atomic E-state index is -2.92. The Morgan fingerprint density at radius 1 is 1.34 bits per heavy atom. The zero-order valence-corrected chi connectivity index (χ0v) is 17.7. The van der Waals surface area contributed by atoms with E-state index in [0.717, 1.165) is 11.6 Å². The Morgan fingerprint density at radius 2 is 2.06 bits per heavy atom. The largest absolute Gasteiger partial charge is 0.465 e. The van der Waals surface area contributed by atoms with Crippen LogP contribution in [0.3, 0.4) is 0 Å². The van der Waals surface area contributed by atoms with Gasteiger partial charge < -0.3 is 15.0 Å². The van der Waals surface area contributed by atoms with Crippen molar-refractivity contribution in [2.45, 2.75) is 26.3 Å². The number of aromatic nitrogens is 3. The molecule has 0 aliphatic heterocycles. The molecule has 0 fully saturated rings. The molecule has 1 atom stereocenters. The van der Waals surface area contributed by atoms with Crippen LogP contribution in [0.25, 0.3) is 17.0 Å². The summed E-state index contributed by atoms with van der Waals surface area (Å²) in [5, 5.41) is 11.5. The third kappa shape index (κ3) is 4.96. The number of aryl methyl sites for hydroxylation is 2. The minimum Gasteiger partial charge on any atom is -0.465 e. The molecule has 1 amide bonds. The molecule has 2 aromatic heterocycles. The summed E-state index contributed by atoms with van der Waals surface area (Å²) in [6, 6.07) is 4.84. The molecule has 0 bridgehead atoms. The van der Waals surface area contributed by atoms with Gasteiger partial charge in [0, 0.05) is 24.5 Å². The van der Waals surface area contributed by atoms with Crippen molar-refractivity contribution in [3.8, 4) is 0 Å². The van der Waals surface area contributed by atoms with Gasteiger partial charge in [0.25, 0.3) is 6.43 Å². The maximum Gasteiger partial charge on any atom is 0.404 e. The average Bonchev–Trinajstić information content (AvgIpc) is 2.74. The predicted octanol–water partition coefficient (Wildman–Crippen LogP) is 4.30. The van der Waals surface area contributed by atoms with Crippen LogP contribution < -0.4 is 10.8 Å². The van der Waals surface area contributed by atoms with Crippen LogP contribution in [0.2, 0.25) is 0 Å². The molecule has 2 N–H and O–H groups in total. The molecule has 0 radical (unpaired) electrons. The number of hydrogen-bond acceptors (Lipinski definition) is 4. The van der Waals surface area contributed by atoms with Crippen LogP contribution in [0, 0.1) is 12.7 Å². The van der Waals surface area contributed by atoms with Crippen LogP contribution in [0.5, 0.6) is 0 Å². The van der Waals surface area contributed by atoms with Gasteiger partial charge >= 0.3 is 6.09 Å². The normalized spacial score (nSPS) is 13.3. The molecule has 0 aliphatic carbocycles. The summed E-state index contributed by atoms with van der Waals surface area (Å²) in [5.41, 5.74) is 0.990. The smallest absolute Gasteiger partial charge is 0.404 e. The van der Waals surface area contributed by atoms with Gasteiger partial charge in [-0.1, -0.05) is 24.3 Å². The SMILES string of the molecule is Cc1nc(=N[C@H](C)c2cccc(C(F)F)c2F)c2cc(/C=C/CNC(=O)O)ncc2n1C. The van der Waals surface area contributed by atoms with E-state index in [-0.39, 0.29) is 12.1 Å². The molecule has 3 rings (SSSR count). The fourth-order valence-electron chi connectivity index (χ4n) is 3.20. The standard InChI is InChI=1S/C22H22F3N5O2/c1-12(15-7-4-8-16(19(15)23)20(24)25)28-21-17-10-14(6-5-9-26-22(31)32)27-11-18(17)30(3)13(2)29-21/h4-8,10-12,20,26H,9H2,1-3H3,(H,31,32)/b6-5+,28-21?/t12-/m1/s1. The van der Waals surface area contributed by atoms with Crippen molar-refractivity contribution in [1.82, 2.24) is 19.9 Å². The molecular formula is C22H22F3N5O2. The van der Waals surface area contributed by atoms with Gasteiger partial charge in [-0.25, -0.2) is 22.9 Å². The number of carboxylic acid groups (broad SMARTS) is 1. The number of benzene rings is 1. The molecule has 0 saturated heterocycles. The van der Waals surface area contributed by atoms with Crippen molar-refractivity contribution in [2.75, 3.05) is 6.54 Å². The molecule has 0 unspecified atom stereocenters. The van der Waals surface area contributed by atoms with Gasteiger partial charge in [0.1, 0.15) is 11.6 Å². The number of hydrogen-bond donors (Lipinski definition) is 2. The number of fused-ring (bicyclic) bond motifs is 1. The van der Waals surface area contributed by atoms with E-state index in [0.29, 0.717) is 22.4 Å². The van der Waals surface area contributed by atoms with E-state index in [1.807, 2.05) is 11.6 Å². The molecule has 2 heterocycles. The minimum absolute atomic E-state index is 0.0533. The molecule has 7 nitrogen and oxygen atoms in total. The quantitative estimate of drug-likeness (QED) is 0.592. The fraction of sp³-hybridized carbons (Fsp3) is 0.273. The Kier molecular flexibility index (Phi) is 6.92. The van der Waals surface area contributed by atoms with Crippen LogP contribution in [0.1, 0.15) is 42.0 Å². The first kappa shape index (κ1) is 23.0. The molecule has 0 saturated carbocycles. The van der Waals surface area contributed by atoms with E-state index in [2.05, 4.69) is 20.3 Å². The maximum atomic E-state index is 14.6. The van der Waals surface area contributed by atoms with Crippen molar-refractivity contribution in [3.05, 3.63) is 70.5 Å². The van der Waals surface area contributed by atoms with Crippen molar-refractivity contribution < 1.29 is 23.1 Å². The number of rotatable bonds is 6. The van der Waals surface area contributed by atoms with Crippen molar-refractivity contribution in [3.63, 3.8) is 0 Å². The first-order chi connectivity index (χ1) is 15.2.